The second-order valence-corrected chi connectivity index (χ2v) is 3.11. The van der Waals surface area contributed by atoms with Crippen molar-refractivity contribution in [3.05, 3.63) is 29.6 Å². The minimum Gasteiger partial charge on any atom is -0.376 e. The van der Waals surface area contributed by atoms with Gasteiger partial charge in [-0.15, -0.1) is 0 Å². The number of nitrogens with one attached hydrogen (secondary N) is 2. The maximum absolute atomic E-state index is 12.9. The Morgan fingerprint density at radius 2 is 2.00 bits per heavy atom. The van der Waals surface area contributed by atoms with Crippen LogP contribution in [0.4, 0.5) is 23.2 Å². The molecule has 0 radical (unpaired) electrons. The number of carbonyl (C=O) groups excluding carboxylic acids is 1. The molecule has 0 aliphatic heterocycles. The van der Waals surface area contributed by atoms with Gasteiger partial charge in [0.25, 0.3) is 5.91 Å². The first-order valence-corrected chi connectivity index (χ1v) is 4.44. The quantitative estimate of drug-likeness (QED) is 0.328. The van der Waals surface area contributed by atoms with Crippen LogP contribution in [-0.4, -0.2) is 12.5 Å². The van der Waals surface area contributed by atoms with Crippen LogP contribution in [0.3, 0.4) is 0 Å². The van der Waals surface area contributed by atoms with E-state index in [4.69, 9.17) is 5.84 Å². The number of carbonyl (C=O) groups is 1. The Balaban J connectivity index is 2.86. The highest BCUT2D eigenvalue weighted by Crippen LogP contribution is 2.32. The molecule has 0 aromatic heterocycles. The molecule has 4 N–H and O–H groups in total. The number of halogens is 4. The Morgan fingerprint density at radius 1 is 1.35 bits per heavy atom. The van der Waals surface area contributed by atoms with Crippen LogP contribution in [0.1, 0.15) is 5.56 Å². The molecule has 17 heavy (non-hydrogen) atoms. The van der Waals surface area contributed by atoms with Crippen LogP contribution in [0.2, 0.25) is 0 Å². The Bertz CT molecular complexity index is 419. The number of benzene rings is 1. The summed E-state index contributed by atoms with van der Waals surface area (Å²) in [6, 6.07) is 2.35. The van der Waals surface area contributed by atoms with Gasteiger partial charge in [0.1, 0.15) is 5.82 Å². The second kappa shape index (κ2) is 5.00. The maximum atomic E-state index is 12.9. The molecule has 0 fully saturated rings. The highest BCUT2D eigenvalue weighted by molar-refractivity contribution is 5.80. The fraction of sp³-hybridized carbons (Fsp3) is 0.222. The molecule has 0 spiro atoms. The summed E-state index contributed by atoms with van der Waals surface area (Å²) in [5.41, 5.74) is 0.375. The Morgan fingerprint density at radius 3 is 2.53 bits per heavy atom. The second-order valence-electron chi connectivity index (χ2n) is 3.11. The average Bonchev–Trinajstić information content (AvgIpc) is 2.26. The van der Waals surface area contributed by atoms with Gasteiger partial charge in [0.2, 0.25) is 0 Å². The molecule has 0 bridgehead atoms. The van der Waals surface area contributed by atoms with Crippen LogP contribution in [0.15, 0.2) is 18.2 Å². The summed E-state index contributed by atoms with van der Waals surface area (Å²) in [6.07, 6.45) is -4.78. The summed E-state index contributed by atoms with van der Waals surface area (Å²) >= 11 is 0. The van der Waals surface area contributed by atoms with Crippen LogP contribution in [0.25, 0.3) is 0 Å². The molecule has 1 aromatic rings. The summed E-state index contributed by atoms with van der Waals surface area (Å²) < 4.78 is 49.9. The van der Waals surface area contributed by atoms with E-state index >= 15 is 0 Å². The van der Waals surface area contributed by atoms with Gasteiger partial charge in [-0.3, -0.25) is 10.2 Å². The molecule has 0 saturated heterocycles. The standard InChI is InChI=1S/C9H9F4N3O/c10-7-2-1-5(15-4-8(17)16-14)3-6(7)9(11,12)13/h1-3,15H,4,14H2,(H,16,17). The zero-order valence-corrected chi connectivity index (χ0v) is 8.44. The van der Waals surface area contributed by atoms with Gasteiger partial charge in [-0.25, -0.2) is 10.2 Å². The fourth-order valence-electron chi connectivity index (χ4n) is 1.09. The lowest BCUT2D eigenvalue weighted by Gasteiger charge is -2.11. The van der Waals surface area contributed by atoms with E-state index in [0.717, 1.165) is 6.07 Å². The van der Waals surface area contributed by atoms with Crippen molar-refractivity contribution >= 4 is 11.6 Å². The first-order valence-electron chi connectivity index (χ1n) is 4.44. The first-order chi connectivity index (χ1) is 7.84. The molecule has 4 nitrogen and oxygen atoms in total. The van der Waals surface area contributed by atoms with E-state index in [1.807, 2.05) is 0 Å². The van der Waals surface area contributed by atoms with E-state index in [0.29, 0.717) is 12.1 Å². The molecule has 0 unspecified atom stereocenters. The molecule has 94 valence electrons. The predicted octanol–water partition coefficient (Wildman–Crippen LogP) is 1.25. The molecule has 1 rings (SSSR count). The van der Waals surface area contributed by atoms with Crippen LogP contribution >= 0.6 is 0 Å². The van der Waals surface area contributed by atoms with Crippen molar-refractivity contribution in [2.24, 2.45) is 5.84 Å². The summed E-state index contributed by atoms with van der Waals surface area (Å²) in [6.45, 7) is -0.306. The third-order valence-electron chi connectivity index (χ3n) is 1.89. The number of anilines is 1. The zero-order chi connectivity index (χ0) is 13.1. The third-order valence-corrected chi connectivity index (χ3v) is 1.89. The lowest BCUT2D eigenvalue weighted by atomic mass is 10.2. The molecule has 1 amide bonds. The van der Waals surface area contributed by atoms with Gasteiger partial charge in [-0.05, 0) is 18.2 Å². The van der Waals surface area contributed by atoms with Gasteiger partial charge in [0.15, 0.2) is 0 Å². The Kier molecular flexibility index (Phi) is 3.89. The monoisotopic (exact) mass is 251 g/mol. The Labute approximate surface area is 93.8 Å². The molecule has 8 heteroatoms. The zero-order valence-electron chi connectivity index (χ0n) is 8.44. The van der Waals surface area contributed by atoms with Crippen molar-refractivity contribution in [2.75, 3.05) is 11.9 Å². The van der Waals surface area contributed by atoms with E-state index < -0.39 is 23.5 Å². The van der Waals surface area contributed by atoms with Crippen molar-refractivity contribution in [2.45, 2.75) is 6.18 Å². The van der Waals surface area contributed by atoms with Crippen LogP contribution < -0.4 is 16.6 Å². The third kappa shape index (κ3) is 3.59. The fourth-order valence-corrected chi connectivity index (χ4v) is 1.09. The maximum Gasteiger partial charge on any atom is 0.419 e. The summed E-state index contributed by atoms with van der Waals surface area (Å²) in [4.78, 5) is 10.7. The lowest BCUT2D eigenvalue weighted by molar-refractivity contribution is -0.139. The first kappa shape index (κ1) is 13.2. The van der Waals surface area contributed by atoms with Gasteiger partial charge >= 0.3 is 6.18 Å². The minimum absolute atomic E-state index is 0.0256. The summed E-state index contributed by atoms with van der Waals surface area (Å²) in [5.74, 6) is 2.80. The van der Waals surface area contributed by atoms with Gasteiger partial charge in [0.05, 0.1) is 12.1 Å². The number of hydrogen-bond acceptors (Lipinski definition) is 3. The molecule has 1 aromatic carbocycles. The predicted molar refractivity (Wildman–Crippen MR) is 52.2 cm³/mol. The van der Waals surface area contributed by atoms with Crippen molar-refractivity contribution < 1.29 is 22.4 Å². The van der Waals surface area contributed by atoms with Gasteiger partial charge in [-0.1, -0.05) is 0 Å². The topological polar surface area (TPSA) is 67.1 Å². The van der Waals surface area contributed by atoms with Gasteiger partial charge in [-0.2, -0.15) is 13.2 Å². The van der Waals surface area contributed by atoms with Gasteiger partial charge < -0.3 is 5.32 Å². The SMILES string of the molecule is NNC(=O)CNc1ccc(F)c(C(F)(F)F)c1. The van der Waals surface area contributed by atoms with Crippen LogP contribution in [0.5, 0.6) is 0 Å². The van der Waals surface area contributed by atoms with E-state index in [9.17, 15) is 22.4 Å². The molecule has 0 heterocycles. The lowest BCUT2D eigenvalue weighted by Crippen LogP contribution is -2.35. The summed E-state index contributed by atoms with van der Waals surface area (Å²) in [7, 11) is 0. The largest absolute Gasteiger partial charge is 0.419 e. The van der Waals surface area contributed by atoms with Crippen LogP contribution in [-0.2, 0) is 11.0 Å². The molecule has 0 atom stereocenters. The highest BCUT2D eigenvalue weighted by atomic mass is 19.4. The number of amides is 1. The smallest absolute Gasteiger partial charge is 0.376 e. The van der Waals surface area contributed by atoms with E-state index in [1.165, 1.54) is 0 Å². The van der Waals surface area contributed by atoms with Crippen LogP contribution in [0, 0.1) is 5.82 Å². The molecular weight excluding hydrogens is 242 g/mol. The molecule has 0 saturated carbocycles. The van der Waals surface area contributed by atoms with Crippen molar-refractivity contribution in [3.8, 4) is 0 Å². The average molecular weight is 251 g/mol. The molecule has 0 aliphatic rings. The minimum atomic E-state index is -4.78. The van der Waals surface area contributed by atoms with E-state index in [2.05, 4.69) is 5.32 Å². The molecule has 0 aliphatic carbocycles. The highest BCUT2D eigenvalue weighted by Gasteiger charge is 2.34. The van der Waals surface area contributed by atoms with E-state index in [1.54, 1.807) is 5.43 Å². The van der Waals surface area contributed by atoms with Crippen molar-refractivity contribution in [3.63, 3.8) is 0 Å². The van der Waals surface area contributed by atoms with Gasteiger partial charge in [0, 0.05) is 5.69 Å². The number of rotatable bonds is 3. The normalized spacial score (nSPS) is 11.1. The van der Waals surface area contributed by atoms with E-state index in [-0.39, 0.29) is 12.2 Å². The number of hydrazine groups is 1. The number of alkyl halides is 3. The summed E-state index contributed by atoms with van der Waals surface area (Å²) in [5, 5.41) is 2.38. The number of nitrogens with two attached hydrogens (primary N) is 1. The van der Waals surface area contributed by atoms with Crippen molar-refractivity contribution in [1.82, 2.24) is 5.43 Å². The number of hydrogen-bond donors (Lipinski definition) is 3. The Hall–Kier alpha value is -1.83. The molecular formula is C9H9F4N3O. The van der Waals surface area contributed by atoms with Crippen molar-refractivity contribution in [1.29, 1.82) is 0 Å².